The van der Waals surface area contributed by atoms with Gasteiger partial charge >= 0.3 is 12.3 Å². The number of halogens is 3. The molecule has 23 heavy (non-hydrogen) atoms. The predicted molar refractivity (Wildman–Crippen MR) is 78.6 cm³/mol. The smallest absolute Gasteiger partial charge is 0.414 e. The summed E-state index contributed by atoms with van der Waals surface area (Å²) in [7, 11) is 1.32. The molecule has 130 valence electrons. The van der Waals surface area contributed by atoms with Gasteiger partial charge in [-0.25, -0.2) is 4.79 Å². The quantitative estimate of drug-likeness (QED) is 0.884. The molecule has 0 saturated carbocycles. The van der Waals surface area contributed by atoms with Crippen molar-refractivity contribution in [2.45, 2.75) is 45.1 Å². The first-order chi connectivity index (χ1) is 10.4. The first-order valence-corrected chi connectivity index (χ1v) is 6.84. The number of carbonyl (C=O) groups excluding carboxylic acids is 1. The second-order valence-electron chi connectivity index (χ2n) is 5.92. The molecule has 0 aliphatic carbocycles. The molecule has 1 amide bonds. The van der Waals surface area contributed by atoms with Crippen LogP contribution in [0.4, 0.5) is 23.7 Å². The zero-order chi connectivity index (χ0) is 17.8. The number of aliphatic hydroxyl groups is 1. The SMILES string of the molecule is COc1cc(CC(O)C(F)(F)F)ccc1NC(=O)OC(C)(C)C. The summed E-state index contributed by atoms with van der Waals surface area (Å²) in [6, 6.07) is 4.08. The molecule has 1 aromatic rings. The molecule has 1 atom stereocenters. The first-order valence-electron chi connectivity index (χ1n) is 6.84. The Morgan fingerprint density at radius 1 is 1.30 bits per heavy atom. The molecular formula is C15H20F3NO4. The van der Waals surface area contributed by atoms with Crippen molar-refractivity contribution >= 4 is 11.8 Å². The predicted octanol–water partition coefficient (Wildman–Crippen LogP) is 3.51. The Labute approximate surface area is 132 Å². The van der Waals surface area contributed by atoms with Crippen molar-refractivity contribution in [1.29, 1.82) is 0 Å². The van der Waals surface area contributed by atoms with E-state index in [0.29, 0.717) is 0 Å². The first kappa shape index (κ1) is 19.1. The third-order valence-corrected chi connectivity index (χ3v) is 2.71. The summed E-state index contributed by atoms with van der Waals surface area (Å²) in [4.78, 5) is 11.7. The van der Waals surface area contributed by atoms with Crippen LogP contribution in [-0.2, 0) is 11.2 Å². The van der Waals surface area contributed by atoms with Gasteiger partial charge in [0.2, 0.25) is 0 Å². The van der Waals surface area contributed by atoms with E-state index in [-0.39, 0.29) is 17.0 Å². The van der Waals surface area contributed by atoms with Crippen molar-refractivity contribution in [3.8, 4) is 5.75 Å². The molecule has 5 nitrogen and oxygen atoms in total. The standard InChI is InChI=1S/C15H20F3NO4/c1-14(2,3)23-13(21)19-10-6-5-9(7-11(10)22-4)8-12(20)15(16,17)18/h5-7,12,20H,8H2,1-4H3,(H,19,21). The van der Waals surface area contributed by atoms with E-state index in [9.17, 15) is 18.0 Å². The number of hydrogen-bond donors (Lipinski definition) is 2. The average molecular weight is 335 g/mol. The lowest BCUT2D eigenvalue weighted by molar-refractivity contribution is -0.203. The summed E-state index contributed by atoms with van der Waals surface area (Å²) in [5.74, 6) is 0.169. The van der Waals surface area contributed by atoms with Gasteiger partial charge in [-0.1, -0.05) is 6.07 Å². The summed E-state index contributed by atoms with van der Waals surface area (Å²) in [6.07, 6.45) is -8.47. The molecule has 0 fully saturated rings. The fourth-order valence-corrected chi connectivity index (χ4v) is 1.72. The van der Waals surface area contributed by atoms with Gasteiger partial charge in [-0.3, -0.25) is 5.32 Å². The van der Waals surface area contributed by atoms with Crippen LogP contribution in [-0.4, -0.2) is 36.2 Å². The molecule has 8 heteroatoms. The molecule has 0 saturated heterocycles. The Kier molecular flexibility index (Phi) is 5.87. The number of hydrogen-bond acceptors (Lipinski definition) is 4. The Balaban J connectivity index is 2.86. The van der Waals surface area contributed by atoms with Crippen LogP contribution in [0, 0.1) is 0 Å². The van der Waals surface area contributed by atoms with Crippen LogP contribution in [0.3, 0.4) is 0 Å². The highest BCUT2D eigenvalue weighted by Gasteiger charge is 2.38. The van der Waals surface area contributed by atoms with Gasteiger partial charge in [-0.05, 0) is 38.5 Å². The lowest BCUT2D eigenvalue weighted by Gasteiger charge is -2.20. The molecule has 1 unspecified atom stereocenters. The maximum absolute atomic E-state index is 12.4. The van der Waals surface area contributed by atoms with Crippen LogP contribution in [0.1, 0.15) is 26.3 Å². The maximum Gasteiger partial charge on any atom is 0.414 e. The average Bonchev–Trinajstić information content (AvgIpc) is 2.37. The lowest BCUT2D eigenvalue weighted by Crippen LogP contribution is -2.30. The van der Waals surface area contributed by atoms with E-state index in [1.807, 2.05) is 0 Å². The second kappa shape index (κ2) is 7.08. The molecule has 0 aromatic heterocycles. The number of aliphatic hydroxyl groups excluding tert-OH is 1. The minimum absolute atomic E-state index is 0.169. The highest BCUT2D eigenvalue weighted by Crippen LogP contribution is 2.29. The Morgan fingerprint density at radius 2 is 1.91 bits per heavy atom. The summed E-state index contributed by atoms with van der Waals surface area (Å²) >= 11 is 0. The van der Waals surface area contributed by atoms with E-state index in [1.54, 1.807) is 20.8 Å². The van der Waals surface area contributed by atoms with Crippen molar-refractivity contribution in [2.75, 3.05) is 12.4 Å². The van der Waals surface area contributed by atoms with Gasteiger partial charge in [0, 0.05) is 6.42 Å². The number of nitrogens with one attached hydrogen (secondary N) is 1. The minimum Gasteiger partial charge on any atom is -0.495 e. The van der Waals surface area contributed by atoms with Gasteiger partial charge in [0.25, 0.3) is 0 Å². The molecule has 0 aliphatic rings. The number of carbonyl (C=O) groups is 1. The summed E-state index contributed by atoms with van der Waals surface area (Å²) < 4.78 is 47.3. The molecule has 0 aliphatic heterocycles. The summed E-state index contributed by atoms with van der Waals surface area (Å²) in [5.41, 5.74) is -0.206. The number of anilines is 1. The molecule has 0 heterocycles. The fourth-order valence-electron chi connectivity index (χ4n) is 1.72. The molecule has 1 aromatic carbocycles. The van der Waals surface area contributed by atoms with Crippen LogP contribution >= 0.6 is 0 Å². The van der Waals surface area contributed by atoms with Crippen LogP contribution in [0.5, 0.6) is 5.75 Å². The summed E-state index contributed by atoms with van der Waals surface area (Å²) in [6.45, 7) is 5.10. The van der Waals surface area contributed by atoms with Crippen molar-refractivity contribution in [3.63, 3.8) is 0 Å². The highest BCUT2D eigenvalue weighted by atomic mass is 19.4. The van der Waals surface area contributed by atoms with Gasteiger partial charge in [0.05, 0.1) is 12.8 Å². The number of rotatable bonds is 4. The number of amides is 1. The van der Waals surface area contributed by atoms with E-state index in [4.69, 9.17) is 14.6 Å². The van der Waals surface area contributed by atoms with Crippen LogP contribution in [0.25, 0.3) is 0 Å². The van der Waals surface area contributed by atoms with E-state index in [1.165, 1.54) is 25.3 Å². The van der Waals surface area contributed by atoms with Gasteiger partial charge in [-0.2, -0.15) is 13.2 Å². The molecular weight excluding hydrogens is 315 g/mol. The molecule has 0 radical (unpaired) electrons. The highest BCUT2D eigenvalue weighted by molar-refractivity contribution is 5.87. The second-order valence-corrected chi connectivity index (χ2v) is 5.92. The van der Waals surface area contributed by atoms with Gasteiger partial charge < -0.3 is 14.6 Å². The Hall–Kier alpha value is -1.96. The topological polar surface area (TPSA) is 67.8 Å². The van der Waals surface area contributed by atoms with E-state index in [0.717, 1.165) is 0 Å². The molecule has 0 bridgehead atoms. The monoisotopic (exact) mass is 335 g/mol. The molecule has 0 spiro atoms. The zero-order valence-corrected chi connectivity index (χ0v) is 13.3. The lowest BCUT2D eigenvalue weighted by atomic mass is 10.1. The van der Waals surface area contributed by atoms with Crippen LogP contribution in [0.2, 0.25) is 0 Å². The maximum atomic E-state index is 12.4. The molecule has 2 N–H and O–H groups in total. The van der Waals surface area contributed by atoms with Crippen molar-refractivity contribution in [2.24, 2.45) is 0 Å². The molecule has 1 rings (SSSR count). The fraction of sp³-hybridized carbons (Fsp3) is 0.533. The van der Waals surface area contributed by atoms with Crippen molar-refractivity contribution < 1.29 is 32.5 Å². The van der Waals surface area contributed by atoms with Crippen LogP contribution in [0.15, 0.2) is 18.2 Å². The van der Waals surface area contributed by atoms with Gasteiger partial charge in [0.1, 0.15) is 11.4 Å². The third kappa shape index (κ3) is 6.35. The van der Waals surface area contributed by atoms with Gasteiger partial charge in [-0.15, -0.1) is 0 Å². The van der Waals surface area contributed by atoms with Crippen LogP contribution < -0.4 is 10.1 Å². The van der Waals surface area contributed by atoms with E-state index in [2.05, 4.69) is 5.32 Å². The zero-order valence-electron chi connectivity index (χ0n) is 13.3. The number of benzene rings is 1. The number of ether oxygens (including phenoxy) is 2. The summed E-state index contributed by atoms with van der Waals surface area (Å²) in [5, 5.41) is 11.5. The Bertz CT molecular complexity index is 553. The number of alkyl halides is 3. The largest absolute Gasteiger partial charge is 0.495 e. The Morgan fingerprint density at radius 3 is 2.39 bits per heavy atom. The van der Waals surface area contributed by atoms with Crippen molar-refractivity contribution in [1.82, 2.24) is 0 Å². The van der Waals surface area contributed by atoms with E-state index >= 15 is 0 Å². The van der Waals surface area contributed by atoms with Gasteiger partial charge in [0.15, 0.2) is 6.10 Å². The van der Waals surface area contributed by atoms with E-state index < -0.39 is 30.4 Å². The normalized spacial score (nSPS) is 13.4. The minimum atomic E-state index is -4.69. The number of methoxy groups -OCH3 is 1. The van der Waals surface area contributed by atoms with Crippen molar-refractivity contribution in [3.05, 3.63) is 23.8 Å². The third-order valence-electron chi connectivity index (χ3n) is 2.71.